The molecule has 2 aromatic carbocycles. The van der Waals surface area contributed by atoms with Crippen LogP contribution in [0.15, 0.2) is 58.5 Å². The summed E-state index contributed by atoms with van der Waals surface area (Å²) < 4.78 is 6.47. The van der Waals surface area contributed by atoms with Gasteiger partial charge in [-0.3, -0.25) is 14.2 Å². The van der Waals surface area contributed by atoms with Crippen molar-refractivity contribution in [3.05, 3.63) is 70.0 Å². The van der Waals surface area contributed by atoms with Crippen LogP contribution in [0.25, 0.3) is 10.9 Å². The molecule has 0 N–H and O–H groups in total. The lowest BCUT2D eigenvalue weighted by atomic mass is 10.1. The molecule has 1 aliphatic carbocycles. The lowest BCUT2D eigenvalue weighted by molar-refractivity contribution is -0.128. The first-order valence-corrected chi connectivity index (χ1v) is 13.1. The predicted octanol–water partition coefficient (Wildman–Crippen LogP) is 4.17. The Morgan fingerprint density at radius 1 is 1.17 bits per heavy atom. The lowest BCUT2D eigenvalue weighted by Crippen LogP contribution is -2.35. The number of hydrogen-bond donors (Lipinski definition) is 0. The number of benzene rings is 2. The number of aryl methyl sites for hydroxylation is 1. The van der Waals surface area contributed by atoms with Crippen molar-refractivity contribution in [3.8, 4) is 0 Å². The summed E-state index contributed by atoms with van der Waals surface area (Å²) in [5, 5.41) is 0.916. The van der Waals surface area contributed by atoms with Gasteiger partial charge in [-0.25, -0.2) is 9.78 Å². The van der Waals surface area contributed by atoms with Gasteiger partial charge in [-0.05, 0) is 55.4 Å². The third kappa shape index (κ3) is 6.31. The van der Waals surface area contributed by atoms with E-state index >= 15 is 0 Å². The molecule has 7 nitrogen and oxygen atoms in total. The molecule has 0 atom stereocenters. The fourth-order valence-electron chi connectivity index (χ4n) is 4.06. The highest BCUT2D eigenvalue weighted by atomic mass is 32.2. The summed E-state index contributed by atoms with van der Waals surface area (Å²) in [6.45, 7) is 4.07. The van der Waals surface area contributed by atoms with Crippen molar-refractivity contribution in [2.24, 2.45) is 5.92 Å². The number of fused-ring (bicyclic) bond motifs is 1. The zero-order chi connectivity index (χ0) is 24.8. The maximum atomic E-state index is 13.5. The molecule has 0 radical (unpaired) electrons. The normalized spacial score (nSPS) is 13.1. The van der Waals surface area contributed by atoms with Gasteiger partial charge in [0.05, 0.1) is 29.3 Å². The number of methoxy groups -OCH3 is 1. The molecular weight excluding hydrogens is 462 g/mol. The fourth-order valence-corrected chi connectivity index (χ4v) is 4.98. The highest BCUT2D eigenvalue weighted by molar-refractivity contribution is 7.99. The van der Waals surface area contributed by atoms with Gasteiger partial charge in [0.25, 0.3) is 5.56 Å². The average molecular weight is 494 g/mol. The highest BCUT2D eigenvalue weighted by Crippen LogP contribution is 2.30. The van der Waals surface area contributed by atoms with Gasteiger partial charge in [-0.1, -0.05) is 49.0 Å². The van der Waals surface area contributed by atoms with Crippen LogP contribution in [0.1, 0.15) is 42.1 Å². The Balaban J connectivity index is 1.63. The molecule has 1 fully saturated rings. The Morgan fingerprint density at radius 2 is 1.94 bits per heavy atom. The van der Waals surface area contributed by atoms with Crippen molar-refractivity contribution in [1.82, 2.24) is 14.5 Å². The third-order valence-electron chi connectivity index (χ3n) is 6.15. The molecule has 184 valence electrons. The number of carbonyl (C=O) groups excluding carboxylic acids is 2. The van der Waals surface area contributed by atoms with E-state index in [1.54, 1.807) is 22.8 Å². The number of ether oxygens (including phenoxy) is 1. The van der Waals surface area contributed by atoms with E-state index in [9.17, 15) is 14.4 Å². The first-order valence-electron chi connectivity index (χ1n) is 12.1. The van der Waals surface area contributed by atoms with Gasteiger partial charge >= 0.3 is 5.97 Å². The number of hydrogen-bond acceptors (Lipinski definition) is 6. The van der Waals surface area contributed by atoms with Crippen LogP contribution in [0.3, 0.4) is 0 Å². The van der Waals surface area contributed by atoms with Crippen LogP contribution in [0.4, 0.5) is 0 Å². The van der Waals surface area contributed by atoms with Crippen molar-refractivity contribution in [2.75, 3.05) is 26.0 Å². The Kier molecular flexibility index (Phi) is 8.23. The Bertz CT molecular complexity index is 1250. The molecule has 35 heavy (non-hydrogen) atoms. The minimum absolute atomic E-state index is 0.0658. The fraction of sp³-hybridized carbons (Fsp3) is 0.407. The number of esters is 1. The molecule has 1 aromatic heterocycles. The van der Waals surface area contributed by atoms with Crippen LogP contribution in [0.2, 0.25) is 0 Å². The molecule has 1 saturated carbocycles. The van der Waals surface area contributed by atoms with Crippen molar-refractivity contribution in [3.63, 3.8) is 0 Å². The van der Waals surface area contributed by atoms with Crippen LogP contribution in [-0.2, 0) is 22.5 Å². The summed E-state index contributed by atoms with van der Waals surface area (Å²) in [5.41, 5.74) is 1.69. The Morgan fingerprint density at radius 3 is 2.63 bits per heavy atom. The molecule has 0 saturated heterocycles. The van der Waals surface area contributed by atoms with Crippen molar-refractivity contribution < 1.29 is 14.3 Å². The number of nitrogens with zero attached hydrogens (tertiary/aromatic N) is 3. The molecule has 1 amide bonds. The zero-order valence-corrected chi connectivity index (χ0v) is 21.1. The number of thioether (sulfide) groups is 1. The second-order valence-electron chi connectivity index (χ2n) is 8.88. The molecule has 8 heteroatoms. The average Bonchev–Trinajstić information content (AvgIpc) is 3.70. The molecular formula is C27H31N3O4S. The maximum absolute atomic E-state index is 13.5. The summed E-state index contributed by atoms with van der Waals surface area (Å²) in [6, 6.07) is 14.7. The van der Waals surface area contributed by atoms with Gasteiger partial charge in [-0.15, -0.1) is 0 Å². The Hall–Kier alpha value is -3.13. The van der Waals surface area contributed by atoms with Crippen molar-refractivity contribution in [2.45, 2.75) is 44.3 Å². The van der Waals surface area contributed by atoms with Gasteiger partial charge < -0.3 is 9.64 Å². The van der Waals surface area contributed by atoms with Crippen molar-refractivity contribution in [1.29, 1.82) is 0 Å². The molecule has 4 rings (SSSR count). The number of aromatic nitrogens is 2. The first-order chi connectivity index (χ1) is 17.0. The molecule has 0 aliphatic heterocycles. The molecule has 0 spiro atoms. The summed E-state index contributed by atoms with van der Waals surface area (Å²) in [5.74, 6) is 0.417. The largest absolute Gasteiger partial charge is 0.465 e. The smallest absolute Gasteiger partial charge is 0.337 e. The summed E-state index contributed by atoms with van der Waals surface area (Å²) in [7, 11) is 1.32. The summed E-state index contributed by atoms with van der Waals surface area (Å²) >= 11 is 1.29. The molecule has 0 unspecified atom stereocenters. The minimum Gasteiger partial charge on any atom is -0.465 e. The molecule has 1 heterocycles. The quantitative estimate of drug-likeness (QED) is 0.227. The highest BCUT2D eigenvalue weighted by Gasteiger charge is 2.26. The van der Waals surface area contributed by atoms with Gasteiger partial charge in [0.2, 0.25) is 5.91 Å². The van der Waals surface area contributed by atoms with E-state index in [-0.39, 0.29) is 17.2 Å². The lowest BCUT2D eigenvalue weighted by Gasteiger charge is -2.22. The van der Waals surface area contributed by atoms with Gasteiger partial charge in [0, 0.05) is 19.6 Å². The minimum atomic E-state index is -0.485. The van der Waals surface area contributed by atoms with E-state index in [4.69, 9.17) is 9.72 Å². The first kappa shape index (κ1) is 25.0. The number of rotatable bonds is 11. The van der Waals surface area contributed by atoms with Gasteiger partial charge in [0.1, 0.15) is 0 Å². The van der Waals surface area contributed by atoms with Crippen molar-refractivity contribution >= 4 is 34.5 Å². The Labute approximate surface area is 209 Å². The maximum Gasteiger partial charge on any atom is 0.337 e. The topological polar surface area (TPSA) is 81.5 Å². The van der Waals surface area contributed by atoms with Crippen LogP contribution < -0.4 is 5.56 Å². The molecule has 0 bridgehead atoms. The molecule has 3 aromatic rings. The second-order valence-corrected chi connectivity index (χ2v) is 9.82. The van der Waals surface area contributed by atoms with E-state index in [1.165, 1.54) is 31.7 Å². The molecule has 1 aliphatic rings. The van der Waals surface area contributed by atoms with Crippen LogP contribution in [0.5, 0.6) is 0 Å². The summed E-state index contributed by atoms with van der Waals surface area (Å²) in [6.07, 6.45) is 3.96. The summed E-state index contributed by atoms with van der Waals surface area (Å²) in [4.78, 5) is 45.1. The number of carbonyl (C=O) groups is 2. The standard InChI is InChI=1S/C27H31N3O4S/c1-3-14-29(17-20-9-10-20)24(31)18-35-27-28-23-16-21(26(33)34-2)11-12-22(23)25(32)30(27)15-13-19-7-5-4-6-8-19/h4-8,11-12,16,20H,3,9-10,13-15,17-18H2,1-2H3. The van der Waals surface area contributed by atoms with Crippen LogP contribution >= 0.6 is 11.8 Å². The van der Waals surface area contributed by atoms with Crippen LogP contribution in [-0.4, -0.2) is 52.3 Å². The SMILES string of the molecule is CCCN(CC1CC1)C(=O)CSc1nc2cc(C(=O)OC)ccc2c(=O)n1CCc1ccccc1. The van der Waals surface area contributed by atoms with Crippen LogP contribution in [0, 0.1) is 5.92 Å². The van der Waals surface area contributed by atoms with Gasteiger partial charge in [0.15, 0.2) is 5.16 Å². The monoisotopic (exact) mass is 493 g/mol. The van der Waals surface area contributed by atoms with E-state index in [0.717, 1.165) is 25.1 Å². The van der Waals surface area contributed by atoms with E-state index < -0.39 is 5.97 Å². The van der Waals surface area contributed by atoms with E-state index in [1.807, 2.05) is 35.2 Å². The van der Waals surface area contributed by atoms with E-state index in [2.05, 4.69) is 6.92 Å². The zero-order valence-electron chi connectivity index (χ0n) is 20.2. The third-order valence-corrected chi connectivity index (χ3v) is 7.12. The van der Waals surface area contributed by atoms with Gasteiger partial charge in [-0.2, -0.15) is 0 Å². The van der Waals surface area contributed by atoms with E-state index in [0.29, 0.717) is 40.5 Å². The predicted molar refractivity (Wildman–Crippen MR) is 138 cm³/mol. The number of amides is 1. The second kappa shape index (κ2) is 11.5.